The van der Waals surface area contributed by atoms with E-state index < -0.39 is 0 Å². The van der Waals surface area contributed by atoms with Crippen molar-refractivity contribution in [1.82, 2.24) is 4.57 Å². The molecule has 0 saturated carbocycles. The Morgan fingerprint density at radius 2 is 1.64 bits per heavy atom. The summed E-state index contributed by atoms with van der Waals surface area (Å²) in [7, 11) is 1.66. The number of methoxy groups -OCH3 is 1. The van der Waals surface area contributed by atoms with Crippen LogP contribution in [0.4, 0.5) is 4.39 Å². The van der Waals surface area contributed by atoms with Crippen LogP contribution in [0.25, 0.3) is 16.7 Å². The first kappa shape index (κ1) is 15.4. The third-order valence-electron chi connectivity index (χ3n) is 4.32. The van der Waals surface area contributed by atoms with E-state index in [-0.39, 0.29) is 5.82 Å². The number of rotatable bonds is 4. The Labute approximate surface area is 145 Å². The van der Waals surface area contributed by atoms with E-state index in [1.807, 2.05) is 48.5 Å². The van der Waals surface area contributed by atoms with Crippen LogP contribution >= 0.6 is 0 Å². The van der Waals surface area contributed by atoms with Gasteiger partial charge in [0.1, 0.15) is 23.8 Å². The zero-order chi connectivity index (χ0) is 17.2. The maximum atomic E-state index is 13.1. The van der Waals surface area contributed by atoms with E-state index >= 15 is 0 Å². The average Bonchev–Trinajstić information content (AvgIpc) is 3.02. The zero-order valence-corrected chi connectivity index (χ0v) is 13.9. The van der Waals surface area contributed by atoms with Crippen molar-refractivity contribution in [2.24, 2.45) is 0 Å². The molecule has 124 valence electrons. The van der Waals surface area contributed by atoms with Crippen molar-refractivity contribution < 1.29 is 13.7 Å². The summed E-state index contributed by atoms with van der Waals surface area (Å²) in [6, 6.07) is 22.9. The van der Waals surface area contributed by atoms with E-state index in [0.717, 1.165) is 28.0 Å². The summed E-state index contributed by atoms with van der Waals surface area (Å²) in [6.45, 7) is 0.684. The largest absolute Gasteiger partial charge is 0.497 e. The van der Waals surface area contributed by atoms with Gasteiger partial charge in [0.25, 0.3) is 0 Å². The Hall–Kier alpha value is -3.14. The summed E-state index contributed by atoms with van der Waals surface area (Å²) in [5.74, 6) is 0.619. The second-order valence-electron chi connectivity index (χ2n) is 5.93. The number of benzene rings is 3. The number of ether oxygens (including phenoxy) is 1. The molecule has 0 atom stereocenters. The highest BCUT2D eigenvalue weighted by Gasteiger charge is 2.17. The molecule has 1 aromatic heterocycles. The molecular formula is C21H18FN2O+. The topological polar surface area (TPSA) is 18.0 Å². The molecule has 4 rings (SSSR count). The molecule has 0 unspecified atom stereocenters. The lowest BCUT2D eigenvalue weighted by Gasteiger charge is -2.00. The van der Waals surface area contributed by atoms with Gasteiger partial charge in [-0.15, -0.1) is 0 Å². The highest BCUT2D eigenvalue weighted by atomic mass is 19.1. The van der Waals surface area contributed by atoms with Gasteiger partial charge in [0.15, 0.2) is 11.0 Å². The first-order chi connectivity index (χ1) is 12.2. The van der Waals surface area contributed by atoms with Gasteiger partial charge in [-0.3, -0.25) is 0 Å². The molecule has 0 saturated heterocycles. The monoisotopic (exact) mass is 333 g/mol. The lowest BCUT2D eigenvalue weighted by molar-refractivity contribution is -0.662. The highest BCUT2D eigenvalue weighted by Crippen LogP contribution is 2.20. The molecule has 0 N–H and O–H groups in total. The fourth-order valence-corrected chi connectivity index (χ4v) is 3.04. The minimum atomic E-state index is -0.214. The average molecular weight is 333 g/mol. The summed E-state index contributed by atoms with van der Waals surface area (Å²) in [6.07, 6.45) is 2.08. The molecule has 0 spiro atoms. The van der Waals surface area contributed by atoms with E-state index in [9.17, 15) is 4.39 Å². The molecule has 25 heavy (non-hydrogen) atoms. The van der Waals surface area contributed by atoms with Crippen molar-refractivity contribution >= 4 is 11.0 Å². The summed E-state index contributed by atoms with van der Waals surface area (Å²) >= 11 is 0. The molecule has 4 aromatic rings. The smallest absolute Gasteiger partial charge is 0.250 e. The van der Waals surface area contributed by atoms with Crippen LogP contribution < -0.4 is 9.30 Å². The van der Waals surface area contributed by atoms with Crippen molar-refractivity contribution in [3.05, 3.63) is 90.5 Å². The lowest BCUT2D eigenvalue weighted by Crippen LogP contribution is -2.32. The molecule has 0 aliphatic rings. The van der Waals surface area contributed by atoms with Crippen LogP contribution in [-0.2, 0) is 6.54 Å². The number of para-hydroxylation sites is 2. The van der Waals surface area contributed by atoms with E-state index in [1.54, 1.807) is 7.11 Å². The van der Waals surface area contributed by atoms with E-state index in [1.165, 1.54) is 12.1 Å². The second-order valence-corrected chi connectivity index (χ2v) is 5.93. The van der Waals surface area contributed by atoms with Crippen LogP contribution in [0.15, 0.2) is 79.1 Å². The van der Waals surface area contributed by atoms with E-state index in [2.05, 4.69) is 27.6 Å². The summed E-state index contributed by atoms with van der Waals surface area (Å²) in [5, 5.41) is 0. The van der Waals surface area contributed by atoms with Crippen molar-refractivity contribution in [2.45, 2.75) is 6.54 Å². The SMILES string of the molecule is COc1ccc(-n2c[n+](Cc3ccc(F)cc3)c3ccccc32)cc1. The van der Waals surface area contributed by atoms with E-state index in [0.29, 0.717) is 6.54 Å². The molecule has 0 radical (unpaired) electrons. The van der Waals surface area contributed by atoms with Gasteiger partial charge >= 0.3 is 0 Å². The molecular weight excluding hydrogens is 315 g/mol. The van der Waals surface area contributed by atoms with Crippen molar-refractivity contribution in [1.29, 1.82) is 0 Å². The zero-order valence-electron chi connectivity index (χ0n) is 13.9. The maximum absolute atomic E-state index is 13.1. The quantitative estimate of drug-likeness (QED) is 0.514. The number of aromatic nitrogens is 2. The predicted octanol–water partition coefficient (Wildman–Crippen LogP) is 4.11. The van der Waals surface area contributed by atoms with Gasteiger partial charge in [-0.05, 0) is 54.1 Å². The molecule has 0 amide bonds. The Morgan fingerprint density at radius 3 is 2.36 bits per heavy atom. The van der Waals surface area contributed by atoms with Crippen LogP contribution in [-0.4, -0.2) is 11.7 Å². The molecule has 0 aliphatic heterocycles. The van der Waals surface area contributed by atoms with Crippen LogP contribution in [0.1, 0.15) is 5.56 Å². The normalized spacial score (nSPS) is 11.0. The molecule has 3 aromatic carbocycles. The standard InChI is InChI=1S/C21H18FN2O/c1-25-19-12-10-18(11-13-19)24-15-23(20-4-2-3-5-21(20)24)14-16-6-8-17(22)9-7-16/h2-13,15H,14H2,1H3/q+1. The van der Waals surface area contributed by atoms with Crippen LogP contribution in [0.2, 0.25) is 0 Å². The van der Waals surface area contributed by atoms with Gasteiger partial charge in [-0.2, -0.15) is 4.57 Å². The van der Waals surface area contributed by atoms with Crippen molar-refractivity contribution in [3.63, 3.8) is 0 Å². The van der Waals surface area contributed by atoms with Gasteiger partial charge in [0, 0.05) is 0 Å². The fourth-order valence-electron chi connectivity index (χ4n) is 3.04. The Kier molecular flexibility index (Phi) is 3.94. The van der Waals surface area contributed by atoms with Gasteiger partial charge in [0.05, 0.1) is 7.11 Å². The van der Waals surface area contributed by atoms with Crippen LogP contribution in [0.3, 0.4) is 0 Å². The molecule has 0 bridgehead atoms. The highest BCUT2D eigenvalue weighted by molar-refractivity contribution is 5.74. The second kappa shape index (κ2) is 6.40. The van der Waals surface area contributed by atoms with Crippen LogP contribution in [0.5, 0.6) is 5.75 Å². The molecule has 0 aliphatic carbocycles. The van der Waals surface area contributed by atoms with Gasteiger partial charge in [-0.25, -0.2) is 8.96 Å². The molecule has 1 heterocycles. The van der Waals surface area contributed by atoms with E-state index in [4.69, 9.17) is 4.74 Å². The summed E-state index contributed by atoms with van der Waals surface area (Å²) in [5.41, 5.74) is 4.37. The summed E-state index contributed by atoms with van der Waals surface area (Å²) in [4.78, 5) is 0. The minimum absolute atomic E-state index is 0.214. The number of hydrogen-bond acceptors (Lipinski definition) is 1. The van der Waals surface area contributed by atoms with Crippen LogP contribution in [0, 0.1) is 5.82 Å². The van der Waals surface area contributed by atoms with Gasteiger partial charge in [0.2, 0.25) is 6.33 Å². The number of halogens is 1. The lowest BCUT2D eigenvalue weighted by atomic mass is 10.2. The summed E-state index contributed by atoms with van der Waals surface area (Å²) < 4.78 is 22.7. The molecule has 3 nitrogen and oxygen atoms in total. The number of fused-ring (bicyclic) bond motifs is 1. The Balaban J connectivity index is 1.79. The molecule has 4 heteroatoms. The number of nitrogens with zero attached hydrogens (tertiary/aromatic N) is 2. The van der Waals surface area contributed by atoms with Gasteiger partial charge < -0.3 is 4.74 Å². The maximum Gasteiger partial charge on any atom is 0.250 e. The van der Waals surface area contributed by atoms with Gasteiger partial charge in [-0.1, -0.05) is 24.3 Å². The Bertz CT molecular complexity index is 1000. The number of imidazole rings is 1. The predicted molar refractivity (Wildman–Crippen MR) is 95.5 cm³/mol. The first-order valence-corrected chi connectivity index (χ1v) is 8.13. The third-order valence-corrected chi connectivity index (χ3v) is 4.32. The first-order valence-electron chi connectivity index (χ1n) is 8.13. The van der Waals surface area contributed by atoms with Crippen molar-refractivity contribution in [3.8, 4) is 11.4 Å². The Morgan fingerprint density at radius 1 is 0.920 bits per heavy atom. The van der Waals surface area contributed by atoms with Crippen molar-refractivity contribution in [2.75, 3.05) is 7.11 Å². The third kappa shape index (κ3) is 2.98. The molecule has 0 fully saturated rings. The minimum Gasteiger partial charge on any atom is -0.497 e. The number of hydrogen-bond donors (Lipinski definition) is 0. The fraction of sp³-hybridized carbons (Fsp3) is 0.0952.